The van der Waals surface area contributed by atoms with Gasteiger partial charge in [-0.3, -0.25) is 19.4 Å². The highest BCUT2D eigenvalue weighted by Gasteiger charge is 2.37. The topological polar surface area (TPSA) is 79.0 Å². The Morgan fingerprint density at radius 1 is 1.08 bits per heavy atom. The van der Waals surface area contributed by atoms with Gasteiger partial charge in [-0.15, -0.1) is 0 Å². The van der Waals surface area contributed by atoms with Crippen molar-refractivity contribution in [1.29, 1.82) is 0 Å². The molecule has 2 heterocycles. The summed E-state index contributed by atoms with van der Waals surface area (Å²) in [6.07, 6.45) is 0. The summed E-state index contributed by atoms with van der Waals surface area (Å²) in [5.41, 5.74) is 1.55. The molecule has 0 aliphatic carbocycles. The summed E-state index contributed by atoms with van der Waals surface area (Å²) < 4.78 is 5.83. The molecule has 1 saturated heterocycles. The summed E-state index contributed by atoms with van der Waals surface area (Å²) >= 11 is 0. The average Bonchev–Trinajstić information content (AvgIpc) is 2.99. The fraction of sp³-hybridized carbons (Fsp3) is 0.211. The number of carbonyl (C=O) groups excluding carboxylic acids is 3. The zero-order valence-corrected chi connectivity index (χ0v) is 13.9. The number of hydrogen-bond acceptors (Lipinski definition) is 4. The van der Waals surface area contributed by atoms with Gasteiger partial charge in [0.1, 0.15) is 18.9 Å². The Bertz CT molecular complexity index is 852. The molecule has 0 spiro atoms. The summed E-state index contributed by atoms with van der Waals surface area (Å²) in [6, 6.07) is 15.9. The number of rotatable bonds is 3. The van der Waals surface area contributed by atoms with Crippen molar-refractivity contribution in [3.63, 3.8) is 0 Å². The fourth-order valence-electron chi connectivity index (χ4n) is 3.24. The van der Waals surface area contributed by atoms with Crippen molar-refractivity contribution in [2.75, 3.05) is 24.6 Å². The highest BCUT2D eigenvalue weighted by Crippen LogP contribution is 2.39. The van der Waals surface area contributed by atoms with Crippen LogP contribution in [0.3, 0.4) is 0 Å². The van der Waals surface area contributed by atoms with Crippen molar-refractivity contribution in [2.24, 2.45) is 0 Å². The number of fused-ring (bicyclic) bond motifs is 1. The Hall–Kier alpha value is -3.35. The molecule has 0 bridgehead atoms. The van der Waals surface area contributed by atoms with Gasteiger partial charge in [-0.1, -0.05) is 42.5 Å². The molecule has 132 valence electrons. The van der Waals surface area contributed by atoms with E-state index >= 15 is 0 Å². The van der Waals surface area contributed by atoms with E-state index in [-0.39, 0.29) is 25.0 Å². The van der Waals surface area contributed by atoms with Gasteiger partial charge in [0, 0.05) is 0 Å². The van der Waals surface area contributed by atoms with Crippen LogP contribution < -0.4 is 15.0 Å². The number of hydrogen-bond donors (Lipinski definition) is 1. The zero-order valence-electron chi connectivity index (χ0n) is 13.9. The van der Waals surface area contributed by atoms with E-state index in [1.807, 2.05) is 42.5 Å². The highest BCUT2D eigenvalue weighted by molar-refractivity contribution is 6.07. The molecule has 7 nitrogen and oxygen atoms in total. The number of nitrogens with zero attached hydrogens (tertiary/aromatic N) is 2. The molecule has 0 radical (unpaired) electrons. The number of urea groups is 1. The monoisotopic (exact) mass is 351 g/mol. The first-order valence-corrected chi connectivity index (χ1v) is 8.32. The van der Waals surface area contributed by atoms with E-state index in [1.54, 1.807) is 17.0 Å². The average molecular weight is 351 g/mol. The molecule has 2 aliphatic rings. The normalized spacial score (nSPS) is 19.0. The minimum absolute atomic E-state index is 0.0755. The minimum Gasteiger partial charge on any atom is -0.489 e. The maximum Gasteiger partial charge on any atom is 0.325 e. The van der Waals surface area contributed by atoms with E-state index in [1.165, 1.54) is 0 Å². The number of imide groups is 1. The van der Waals surface area contributed by atoms with Gasteiger partial charge in [0.25, 0.3) is 5.91 Å². The summed E-state index contributed by atoms with van der Waals surface area (Å²) in [4.78, 5) is 39.3. The molecular weight excluding hydrogens is 334 g/mol. The minimum atomic E-state index is -0.541. The van der Waals surface area contributed by atoms with Crippen LogP contribution in [0.2, 0.25) is 0 Å². The first-order chi connectivity index (χ1) is 12.6. The standard InChI is InChI=1S/C19H17N3O4/c23-17-10-20-19(25)21(17)11-18(24)22-14-8-4-5-9-16(14)26-12-15(22)13-6-2-1-3-7-13/h1-9,15H,10-12H2,(H,20,25). The van der Waals surface area contributed by atoms with Crippen molar-refractivity contribution in [1.82, 2.24) is 10.2 Å². The number of carbonyl (C=O) groups is 3. The number of benzene rings is 2. The van der Waals surface area contributed by atoms with Crippen LogP contribution in [0.4, 0.5) is 10.5 Å². The van der Waals surface area contributed by atoms with Gasteiger partial charge in [-0.05, 0) is 17.7 Å². The van der Waals surface area contributed by atoms with Crippen LogP contribution >= 0.6 is 0 Å². The largest absolute Gasteiger partial charge is 0.489 e. The molecule has 1 fully saturated rings. The summed E-state index contributed by atoms with van der Waals surface area (Å²) in [6.45, 7) is -0.0802. The van der Waals surface area contributed by atoms with Gasteiger partial charge in [0.15, 0.2) is 0 Å². The number of nitrogens with one attached hydrogen (secondary N) is 1. The number of para-hydroxylation sites is 2. The van der Waals surface area contributed by atoms with Crippen molar-refractivity contribution in [3.8, 4) is 5.75 Å². The molecule has 1 N–H and O–H groups in total. The number of ether oxygens (including phenoxy) is 1. The second-order valence-corrected chi connectivity index (χ2v) is 6.11. The van der Waals surface area contributed by atoms with Crippen LogP contribution in [-0.2, 0) is 9.59 Å². The van der Waals surface area contributed by atoms with E-state index in [9.17, 15) is 14.4 Å². The Kier molecular flexibility index (Phi) is 4.04. The Balaban J connectivity index is 1.69. The smallest absolute Gasteiger partial charge is 0.325 e. The van der Waals surface area contributed by atoms with Crippen LogP contribution in [0.25, 0.3) is 0 Å². The quantitative estimate of drug-likeness (QED) is 0.854. The van der Waals surface area contributed by atoms with E-state index < -0.39 is 11.9 Å². The lowest BCUT2D eigenvalue weighted by Gasteiger charge is -2.37. The van der Waals surface area contributed by atoms with Crippen LogP contribution in [0.15, 0.2) is 54.6 Å². The molecule has 0 saturated carbocycles. The molecular formula is C19H17N3O4. The van der Waals surface area contributed by atoms with Crippen LogP contribution in [0, 0.1) is 0 Å². The Morgan fingerprint density at radius 3 is 2.54 bits per heavy atom. The Labute approximate surface area is 150 Å². The predicted molar refractivity (Wildman–Crippen MR) is 93.7 cm³/mol. The summed E-state index contributed by atoms with van der Waals surface area (Å²) in [5, 5.41) is 2.43. The van der Waals surface area contributed by atoms with Gasteiger partial charge in [0.05, 0.1) is 18.3 Å². The number of amides is 4. The molecule has 26 heavy (non-hydrogen) atoms. The third kappa shape index (κ3) is 2.77. The lowest BCUT2D eigenvalue weighted by atomic mass is 10.0. The molecule has 4 amide bonds. The lowest BCUT2D eigenvalue weighted by Crippen LogP contribution is -2.47. The van der Waals surface area contributed by atoms with Crippen molar-refractivity contribution >= 4 is 23.5 Å². The van der Waals surface area contributed by atoms with Crippen LogP contribution in [-0.4, -0.2) is 42.4 Å². The third-order valence-corrected chi connectivity index (χ3v) is 4.52. The SMILES string of the molecule is O=C1CNC(=O)N1CC(=O)N1c2ccccc2OCC1c1ccccc1. The van der Waals surface area contributed by atoms with Crippen LogP contribution in [0.1, 0.15) is 11.6 Å². The van der Waals surface area contributed by atoms with Gasteiger partial charge in [-0.2, -0.15) is 0 Å². The molecule has 4 rings (SSSR count). The first-order valence-electron chi connectivity index (χ1n) is 8.32. The van der Waals surface area contributed by atoms with Gasteiger partial charge in [0.2, 0.25) is 5.91 Å². The summed E-state index contributed by atoms with van der Waals surface area (Å²) in [5.74, 6) is -0.133. The lowest BCUT2D eigenvalue weighted by molar-refractivity contribution is -0.129. The molecule has 0 aromatic heterocycles. The second-order valence-electron chi connectivity index (χ2n) is 6.11. The first kappa shape index (κ1) is 16.1. The van der Waals surface area contributed by atoms with Crippen molar-refractivity contribution in [3.05, 3.63) is 60.2 Å². The molecule has 2 aliphatic heterocycles. The van der Waals surface area contributed by atoms with Crippen molar-refractivity contribution < 1.29 is 19.1 Å². The third-order valence-electron chi connectivity index (χ3n) is 4.52. The molecule has 2 aromatic rings. The van der Waals surface area contributed by atoms with Crippen LogP contribution in [0.5, 0.6) is 5.75 Å². The fourth-order valence-corrected chi connectivity index (χ4v) is 3.24. The van der Waals surface area contributed by atoms with Crippen molar-refractivity contribution in [2.45, 2.75) is 6.04 Å². The molecule has 2 aromatic carbocycles. The van der Waals surface area contributed by atoms with Gasteiger partial charge < -0.3 is 10.1 Å². The highest BCUT2D eigenvalue weighted by atomic mass is 16.5. The van der Waals surface area contributed by atoms with E-state index in [4.69, 9.17) is 4.74 Å². The maximum absolute atomic E-state index is 13.1. The van der Waals surface area contributed by atoms with E-state index in [0.717, 1.165) is 10.5 Å². The van der Waals surface area contributed by atoms with E-state index in [0.29, 0.717) is 18.0 Å². The van der Waals surface area contributed by atoms with E-state index in [2.05, 4.69) is 5.32 Å². The van der Waals surface area contributed by atoms with Gasteiger partial charge >= 0.3 is 6.03 Å². The molecule has 1 atom stereocenters. The Morgan fingerprint density at radius 2 is 1.81 bits per heavy atom. The second kappa shape index (κ2) is 6.51. The summed E-state index contributed by atoms with van der Waals surface area (Å²) in [7, 11) is 0. The van der Waals surface area contributed by atoms with Gasteiger partial charge in [-0.25, -0.2) is 4.79 Å². The molecule has 1 unspecified atom stereocenters. The molecule has 7 heteroatoms. The predicted octanol–water partition coefficient (Wildman–Crippen LogP) is 1.71. The number of anilines is 1. The maximum atomic E-state index is 13.1. The zero-order chi connectivity index (χ0) is 18.1.